The van der Waals surface area contributed by atoms with E-state index in [0.29, 0.717) is 11.4 Å². The third-order valence-corrected chi connectivity index (χ3v) is 2.81. The highest BCUT2D eigenvalue weighted by Gasteiger charge is 2.21. The molecule has 0 amide bonds. The van der Waals surface area contributed by atoms with Crippen molar-refractivity contribution >= 4 is 11.6 Å². The summed E-state index contributed by atoms with van der Waals surface area (Å²) in [5, 5.41) is 0. The number of Topliss-reactive ketones (excluding diaryl/α,β-unsaturated/α-hetero) is 1. The minimum absolute atomic E-state index is 0.0160. The van der Waals surface area contributed by atoms with Crippen LogP contribution >= 0.6 is 0 Å². The predicted octanol–water partition coefficient (Wildman–Crippen LogP) is 1.20. The third kappa shape index (κ3) is 1.72. The van der Waals surface area contributed by atoms with Gasteiger partial charge in [0.1, 0.15) is 5.82 Å². The van der Waals surface area contributed by atoms with Gasteiger partial charge < -0.3 is 5.73 Å². The van der Waals surface area contributed by atoms with E-state index in [-0.39, 0.29) is 5.78 Å². The van der Waals surface area contributed by atoms with Crippen LogP contribution in [-0.2, 0) is 13.1 Å². The van der Waals surface area contributed by atoms with Crippen LogP contribution in [0.15, 0.2) is 6.07 Å². The molecule has 0 spiro atoms. The van der Waals surface area contributed by atoms with Gasteiger partial charge in [-0.2, -0.15) is 0 Å². The molecule has 0 bridgehead atoms. The molecule has 15 heavy (non-hydrogen) atoms. The van der Waals surface area contributed by atoms with Crippen LogP contribution in [0.1, 0.15) is 35.5 Å². The second-order valence-electron chi connectivity index (χ2n) is 3.89. The van der Waals surface area contributed by atoms with Crippen LogP contribution in [0.3, 0.4) is 0 Å². The molecule has 0 saturated heterocycles. The van der Waals surface area contributed by atoms with Gasteiger partial charge in [-0.05, 0) is 25.1 Å². The quantitative estimate of drug-likeness (QED) is 0.737. The molecule has 0 saturated carbocycles. The Balaban J connectivity index is 2.41. The van der Waals surface area contributed by atoms with Crippen molar-refractivity contribution in [1.82, 2.24) is 9.88 Å². The maximum absolute atomic E-state index is 11.3. The number of carbonyl (C=O) groups excluding carboxylic acids is 1. The second-order valence-corrected chi connectivity index (χ2v) is 3.89. The lowest BCUT2D eigenvalue weighted by Crippen LogP contribution is -2.14. The van der Waals surface area contributed by atoms with E-state index in [1.54, 1.807) is 0 Å². The molecular weight excluding hydrogens is 190 g/mol. The average molecular weight is 205 g/mol. The average Bonchev–Trinajstić information content (AvgIpc) is 2.58. The first-order valence-electron chi connectivity index (χ1n) is 5.13. The number of anilines is 1. The minimum Gasteiger partial charge on any atom is -0.383 e. The molecule has 0 aliphatic carbocycles. The van der Waals surface area contributed by atoms with Gasteiger partial charge in [0, 0.05) is 13.1 Å². The fourth-order valence-electron chi connectivity index (χ4n) is 1.90. The number of fused-ring (bicyclic) bond motifs is 1. The normalized spacial score (nSPS) is 15.3. The fourth-order valence-corrected chi connectivity index (χ4v) is 1.90. The molecule has 1 aromatic heterocycles. The Hall–Kier alpha value is -1.42. The number of pyridine rings is 1. The Morgan fingerprint density at radius 2 is 2.33 bits per heavy atom. The van der Waals surface area contributed by atoms with Crippen molar-refractivity contribution in [2.75, 3.05) is 12.3 Å². The summed E-state index contributed by atoms with van der Waals surface area (Å²) < 4.78 is 0. The highest BCUT2D eigenvalue weighted by atomic mass is 16.1. The van der Waals surface area contributed by atoms with Crippen molar-refractivity contribution in [2.45, 2.75) is 26.9 Å². The molecule has 1 aromatic rings. The SMILES string of the molecule is CCN1Cc2cc(C(C)=O)c(N)nc2C1. The zero-order valence-electron chi connectivity index (χ0n) is 9.08. The van der Waals surface area contributed by atoms with Crippen molar-refractivity contribution in [1.29, 1.82) is 0 Å². The smallest absolute Gasteiger partial charge is 0.163 e. The zero-order chi connectivity index (χ0) is 11.0. The predicted molar refractivity (Wildman–Crippen MR) is 58.4 cm³/mol. The Morgan fingerprint density at radius 1 is 1.60 bits per heavy atom. The maximum atomic E-state index is 11.3. The van der Waals surface area contributed by atoms with Crippen molar-refractivity contribution < 1.29 is 4.79 Å². The largest absolute Gasteiger partial charge is 0.383 e. The van der Waals surface area contributed by atoms with Gasteiger partial charge >= 0.3 is 0 Å². The second kappa shape index (κ2) is 3.62. The molecule has 80 valence electrons. The van der Waals surface area contributed by atoms with Crippen LogP contribution in [0.2, 0.25) is 0 Å². The first-order chi connectivity index (χ1) is 7.11. The van der Waals surface area contributed by atoms with Gasteiger partial charge in [-0.25, -0.2) is 4.98 Å². The van der Waals surface area contributed by atoms with Gasteiger partial charge in [0.2, 0.25) is 0 Å². The molecule has 0 radical (unpaired) electrons. The van der Waals surface area contributed by atoms with Gasteiger partial charge in [0.05, 0.1) is 11.3 Å². The lowest BCUT2D eigenvalue weighted by atomic mass is 10.1. The summed E-state index contributed by atoms with van der Waals surface area (Å²) >= 11 is 0. The van der Waals surface area contributed by atoms with Gasteiger partial charge in [-0.15, -0.1) is 0 Å². The van der Waals surface area contributed by atoms with Crippen LogP contribution < -0.4 is 5.73 Å². The van der Waals surface area contributed by atoms with E-state index in [4.69, 9.17) is 5.73 Å². The van der Waals surface area contributed by atoms with E-state index >= 15 is 0 Å². The van der Waals surface area contributed by atoms with E-state index in [1.807, 2.05) is 6.07 Å². The number of nitrogens with zero attached hydrogens (tertiary/aromatic N) is 2. The van der Waals surface area contributed by atoms with E-state index in [0.717, 1.165) is 30.9 Å². The molecular formula is C11H15N3O. The highest BCUT2D eigenvalue weighted by molar-refractivity contribution is 5.98. The zero-order valence-corrected chi connectivity index (χ0v) is 9.08. The highest BCUT2D eigenvalue weighted by Crippen LogP contribution is 2.24. The van der Waals surface area contributed by atoms with Crippen LogP contribution in [-0.4, -0.2) is 22.2 Å². The van der Waals surface area contributed by atoms with Crippen molar-refractivity contribution in [2.24, 2.45) is 0 Å². The number of rotatable bonds is 2. The number of hydrogen-bond acceptors (Lipinski definition) is 4. The number of nitrogens with two attached hydrogens (primary N) is 1. The Kier molecular flexibility index (Phi) is 2.44. The van der Waals surface area contributed by atoms with E-state index in [1.165, 1.54) is 6.92 Å². The van der Waals surface area contributed by atoms with Crippen LogP contribution in [0.5, 0.6) is 0 Å². The van der Waals surface area contributed by atoms with Gasteiger partial charge in [0.25, 0.3) is 0 Å². The van der Waals surface area contributed by atoms with Crippen LogP contribution in [0, 0.1) is 0 Å². The number of hydrogen-bond donors (Lipinski definition) is 1. The first-order valence-corrected chi connectivity index (χ1v) is 5.13. The van der Waals surface area contributed by atoms with Crippen molar-refractivity contribution in [3.05, 3.63) is 22.9 Å². The fraction of sp³-hybridized carbons (Fsp3) is 0.455. The lowest BCUT2D eigenvalue weighted by Gasteiger charge is -2.08. The molecule has 2 rings (SSSR count). The molecule has 2 N–H and O–H groups in total. The standard InChI is InChI=1S/C11H15N3O/c1-3-14-5-8-4-9(7(2)15)11(12)13-10(8)6-14/h4H,3,5-6H2,1-2H3,(H2,12,13). The van der Waals surface area contributed by atoms with Crippen molar-refractivity contribution in [3.8, 4) is 0 Å². The summed E-state index contributed by atoms with van der Waals surface area (Å²) in [6.45, 7) is 6.34. The molecule has 0 atom stereocenters. The Bertz CT molecular complexity index is 415. The minimum atomic E-state index is -0.0160. The van der Waals surface area contributed by atoms with E-state index < -0.39 is 0 Å². The summed E-state index contributed by atoms with van der Waals surface area (Å²) in [5.41, 5.74) is 8.43. The van der Waals surface area contributed by atoms with Crippen LogP contribution in [0.4, 0.5) is 5.82 Å². The number of aromatic nitrogens is 1. The van der Waals surface area contributed by atoms with E-state index in [2.05, 4.69) is 16.8 Å². The maximum Gasteiger partial charge on any atom is 0.163 e. The van der Waals surface area contributed by atoms with E-state index in [9.17, 15) is 4.79 Å². The van der Waals surface area contributed by atoms with Gasteiger partial charge in [0.15, 0.2) is 5.78 Å². The Morgan fingerprint density at radius 3 is 2.93 bits per heavy atom. The molecule has 4 heteroatoms. The summed E-state index contributed by atoms with van der Waals surface area (Å²) in [7, 11) is 0. The topological polar surface area (TPSA) is 59.2 Å². The lowest BCUT2D eigenvalue weighted by molar-refractivity contribution is 0.101. The molecule has 2 heterocycles. The summed E-state index contributed by atoms with van der Waals surface area (Å²) in [4.78, 5) is 17.8. The summed E-state index contributed by atoms with van der Waals surface area (Å²) in [6.07, 6.45) is 0. The van der Waals surface area contributed by atoms with Crippen LogP contribution in [0.25, 0.3) is 0 Å². The molecule has 0 aromatic carbocycles. The monoisotopic (exact) mass is 205 g/mol. The third-order valence-electron chi connectivity index (χ3n) is 2.81. The van der Waals surface area contributed by atoms with Gasteiger partial charge in [-0.3, -0.25) is 9.69 Å². The van der Waals surface area contributed by atoms with Gasteiger partial charge in [-0.1, -0.05) is 6.92 Å². The Labute approximate surface area is 89.1 Å². The molecule has 0 unspecified atom stereocenters. The molecule has 1 aliphatic rings. The molecule has 4 nitrogen and oxygen atoms in total. The van der Waals surface area contributed by atoms with Crippen molar-refractivity contribution in [3.63, 3.8) is 0 Å². The first kappa shape index (κ1) is 10.1. The number of nitrogen functional groups attached to an aromatic ring is 1. The number of carbonyl (C=O) groups is 1. The molecule has 0 fully saturated rings. The molecule has 1 aliphatic heterocycles. The summed E-state index contributed by atoms with van der Waals surface area (Å²) in [6, 6.07) is 1.88. The number of ketones is 1. The summed E-state index contributed by atoms with van der Waals surface area (Å²) in [5.74, 6) is 0.344.